The Balaban J connectivity index is 1.43. The molecular formula is C39H55N5O3. The van der Waals surface area contributed by atoms with Gasteiger partial charge in [-0.05, 0) is 86.3 Å². The van der Waals surface area contributed by atoms with Gasteiger partial charge in [0.05, 0.1) is 6.04 Å². The molecule has 0 bridgehead atoms. The Kier molecular flexibility index (Phi) is 14.1. The number of likely N-dealkylation sites (N-methyl/N-ethyl adjacent to an activating group) is 1. The lowest BCUT2D eigenvalue weighted by atomic mass is 9.99. The van der Waals surface area contributed by atoms with Crippen LogP contribution < -0.4 is 20.3 Å². The van der Waals surface area contributed by atoms with Crippen LogP contribution in [0, 0.1) is 5.92 Å². The van der Waals surface area contributed by atoms with Gasteiger partial charge in [-0.25, -0.2) is 0 Å². The number of nitrogens with one attached hydrogen (secondary N) is 2. The first-order valence-electron chi connectivity index (χ1n) is 17.2. The molecule has 47 heavy (non-hydrogen) atoms. The monoisotopic (exact) mass is 641 g/mol. The summed E-state index contributed by atoms with van der Waals surface area (Å²) in [6.45, 7) is 8.93. The zero-order valence-corrected chi connectivity index (χ0v) is 29.1. The van der Waals surface area contributed by atoms with Gasteiger partial charge in [-0.3, -0.25) is 14.5 Å². The van der Waals surface area contributed by atoms with Crippen molar-refractivity contribution in [2.45, 2.75) is 71.2 Å². The average molecular weight is 642 g/mol. The van der Waals surface area contributed by atoms with E-state index in [1.807, 2.05) is 75.7 Å². The smallest absolute Gasteiger partial charge is 0.242 e. The van der Waals surface area contributed by atoms with Crippen molar-refractivity contribution in [3.63, 3.8) is 0 Å². The highest BCUT2D eigenvalue weighted by atomic mass is 16.5. The van der Waals surface area contributed by atoms with Crippen molar-refractivity contribution in [3.05, 3.63) is 95.6 Å². The summed E-state index contributed by atoms with van der Waals surface area (Å²) in [5.41, 5.74) is 4.34. The number of carbonyl (C=O) groups is 2. The Hall–Kier alpha value is -3.88. The van der Waals surface area contributed by atoms with Gasteiger partial charge < -0.3 is 25.2 Å². The summed E-state index contributed by atoms with van der Waals surface area (Å²) in [5, 5.41) is 6.30. The first-order chi connectivity index (χ1) is 22.7. The van der Waals surface area contributed by atoms with Crippen LogP contribution in [0.4, 0.5) is 5.69 Å². The van der Waals surface area contributed by atoms with Crippen molar-refractivity contribution in [2.75, 3.05) is 52.2 Å². The molecular weight excluding hydrogens is 586 g/mol. The Morgan fingerprint density at radius 3 is 2.11 bits per heavy atom. The quantitative estimate of drug-likeness (QED) is 0.203. The first-order valence-corrected chi connectivity index (χ1v) is 17.2. The van der Waals surface area contributed by atoms with Crippen molar-refractivity contribution < 1.29 is 14.3 Å². The molecule has 2 atom stereocenters. The van der Waals surface area contributed by atoms with E-state index in [0.29, 0.717) is 38.5 Å². The number of rotatable bonds is 17. The number of nitrogens with zero attached hydrogens (tertiary/aromatic N) is 3. The highest BCUT2D eigenvalue weighted by Gasteiger charge is 2.29. The molecule has 0 aromatic heterocycles. The van der Waals surface area contributed by atoms with Crippen molar-refractivity contribution in [1.82, 2.24) is 20.4 Å². The third kappa shape index (κ3) is 12.0. The topological polar surface area (TPSA) is 77.1 Å². The fraction of sp³-hybridized carbons (Fsp3) is 0.487. The van der Waals surface area contributed by atoms with E-state index in [-0.39, 0.29) is 17.9 Å². The van der Waals surface area contributed by atoms with Gasteiger partial charge in [-0.15, -0.1) is 0 Å². The normalized spacial score (nSPS) is 14.9. The van der Waals surface area contributed by atoms with E-state index in [9.17, 15) is 9.59 Å². The van der Waals surface area contributed by atoms with Gasteiger partial charge in [-0.1, -0.05) is 74.9 Å². The molecule has 0 aliphatic carbocycles. The van der Waals surface area contributed by atoms with Gasteiger partial charge in [0, 0.05) is 45.8 Å². The number of piperidine rings is 1. The van der Waals surface area contributed by atoms with Crippen LogP contribution in [0.1, 0.15) is 56.2 Å². The largest absolute Gasteiger partial charge is 0.489 e. The Labute approximate surface area is 282 Å². The summed E-state index contributed by atoms with van der Waals surface area (Å²) in [7, 11) is 6.05. The zero-order chi connectivity index (χ0) is 33.6. The molecule has 254 valence electrons. The molecule has 0 saturated carbocycles. The van der Waals surface area contributed by atoms with Gasteiger partial charge in [0.2, 0.25) is 11.8 Å². The van der Waals surface area contributed by atoms with E-state index in [1.165, 1.54) is 19.3 Å². The number of anilines is 1. The molecule has 1 aliphatic rings. The lowest BCUT2D eigenvalue weighted by Gasteiger charge is -2.31. The molecule has 1 fully saturated rings. The summed E-state index contributed by atoms with van der Waals surface area (Å²) >= 11 is 0. The molecule has 0 radical (unpaired) electrons. The minimum Gasteiger partial charge on any atom is -0.489 e. The van der Waals surface area contributed by atoms with E-state index in [0.717, 1.165) is 47.8 Å². The summed E-state index contributed by atoms with van der Waals surface area (Å²) in [6, 6.07) is 25.3. The average Bonchev–Trinajstić information content (AvgIpc) is 3.07. The maximum atomic E-state index is 14.0. The highest BCUT2D eigenvalue weighted by Crippen LogP contribution is 2.19. The van der Waals surface area contributed by atoms with Crippen LogP contribution in [0.2, 0.25) is 0 Å². The SMILES string of the molecule is CC(C)C[C@H](C(=O)N[C@@H](Cc1ccc(OCc2ccccc2)cc1)C(=O)NCCN1CCCCC1)N(C)Cc1ccc(N(C)C)cc1. The van der Waals surface area contributed by atoms with Gasteiger partial charge >= 0.3 is 0 Å². The van der Waals surface area contributed by atoms with Crippen LogP contribution in [-0.2, 0) is 29.2 Å². The van der Waals surface area contributed by atoms with Crippen LogP contribution in [0.25, 0.3) is 0 Å². The zero-order valence-electron chi connectivity index (χ0n) is 29.1. The van der Waals surface area contributed by atoms with E-state index >= 15 is 0 Å². The van der Waals surface area contributed by atoms with E-state index in [4.69, 9.17) is 4.74 Å². The molecule has 0 spiro atoms. The highest BCUT2D eigenvalue weighted by molar-refractivity contribution is 5.90. The fourth-order valence-electron chi connectivity index (χ4n) is 6.05. The standard InChI is InChI=1S/C39H55N5O3/c1-30(2)26-37(43(5)28-32-14-18-34(19-15-32)42(3)4)39(46)41-36(38(45)40-22-25-44-23-10-7-11-24-44)27-31-16-20-35(21-17-31)47-29-33-12-8-6-9-13-33/h6,8-9,12-21,30,36-37H,7,10-11,22-29H2,1-5H3,(H,40,45)(H,41,46)/t36-,37+/m0/s1. The second kappa shape index (κ2) is 18.5. The number of carbonyl (C=O) groups excluding carboxylic acids is 2. The number of hydrogen-bond acceptors (Lipinski definition) is 6. The molecule has 3 aromatic carbocycles. The molecule has 8 nitrogen and oxygen atoms in total. The predicted molar refractivity (Wildman–Crippen MR) is 192 cm³/mol. The van der Waals surface area contributed by atoms with Gasteiger partial charge in [0.25, 0.3) is 0 Å². The molecule has 3 aromatic rings. The van der Waals surface area contributed by atoms with Gasteiger partial charge in [-0.2, -0.15) is 0 Å². The van der Waals surface area contributed by atoms with Gasteiger partial charge in [0.15, 0.2) is 0 Å². The molecule has 8 heteroatoms. The summed E-state index contributed by atoms with van der Waals surface area (Å²) in [6.07, 6.45) is 4.78. The summed E-state index contributed by atoms with van der Waals surface area (Å²) in [4.78, 5) is 34.2. The molecule has 1 heterocycles. The van der Waals surface area contributed by atoms with Crippen LogP contribution in [0.3, 0.4) is 0 Å². The van der Waals surface area contributed by atoms with E-state index < -0.39 is 6.04 Å². The van der Waals surface area contributed by atoms with E-state index in [2.05, 4.69) is 63.4 Å². The van der Waals surface area contributed by atoms with Crippen molar-refractivity contribution in [3.8, 4) is 5.75 Å². The minimum atomic E-state index is -0.692. The molecule has 2 N–H and O–H groups in total. The molecule has 1 aliphatic heterocycles. The Bertz CT molecular complexity index is 1360. The lowest BCUT2D eigenvalue weighted by molar-refractivity contribution is -0.132. The maximum Gasteiger partial charge on any atom is 0.242 e. The number of likely N-dealkylation sites (tertiary alicyclic amines) is 1. The first kappa shape index (κ1) is 36.0. The maximum absolute atomic E-state index is 14.0. The lowest BCUT2D eigenvalue weighted by Crippen LogP contribution is -2.54. The van der Waals surface area contributed by atoms with Crippen molar-refractivity contribution in [2.24, 2.45) is 5.92 Å². The van der Waals surface area contributed by atoms with Crippen LogP contribution >= 0.6 is 0 Å². The molecule has 1 saturated heterocycles. The Morgan fingerprint density at radius 2 is 1.47 bits per heavy atom. The minimum absolute atomic E-state index is 0.120. The summed E-state index contributed by atoms with van der Waals surface area (Å²) < 4.78 is 5.97. The molecule has 2 amide bonds. The number of amides is 2. The fourth-order valence-corrected chi connectivity index (χ4v) is 6.05. The third-order valence-electron chi connectivity index (χ3n) is 8.83. The second-order valence-electron chi connectivity index (χ2n) is 13.5. The van der Waals surface area contributed by atoms with Crippen LogP contribution in [0.15, 0.2) is 78.9 Å². The van der Waals surface area contributed by atoms with Crippen LogP contribution in [-0.4, -0.2) is 81.0 Å². The number of benzene rings is 3. The number of hydrogen-bond donors (Lipinski definition) is 2. The third-order valence-corrected chi connectivity index (χ3v) is 8.83. The summed E-state index contributed by atoms with van der Waals surface area (Å²) in [5.74, 6) is 0.807. The Morgan fingerprint density at radius 1 is 0.809 bits per heavy atom. The van der Waals surface area contributed by atoms with Crippen LogP contribution in [0.5, 0.6) is 5.75 Å². The molecule has 4 rings (SSSR count). The molecule has 0 unspecified atom stereocenters. The van der Waals surface area contributed by atoms with Crippen molar-refractivity contribution in [1.29, 1.82) is 0 Å². The number of ether oxygens (including phenoxy) is 1. The van der Waals surface area contributed by atoms with Gasteiger partial charge in [0.1, 0.15) is 18.4 Å². The van der Waals surface area contributed by atoms with Crippen molar-refractivity contribution >= 4 is 17.5 Å². The predicted octanol–water partition coefficient (Wildman–Crippen LogP) is 5.51. The second-order valence-corrected chi connectivity index (χ2v) is 13.5. The van der Waals surface area contributed by atoms with E-state index in [1.54, 1.807) is 0 Å².